The molecule has 26 heavy (non-hydrogen) atoms. The first-order chi connectivity index (χ1) is 12.5. The number of nitrogens with zero attached hydrogens (tertiary/aromatic N) is 1. The second-order valence-corrected chi connectivity index (χ2v) is 6.14. The van der Waals surface area contributed by atoms with Crippen molar-refractivity contribution in [3.63, 3.8) is 0 Å². The molecule has 0 bridgehead atoms. The largest absolute Gasteiger partial charge is 0.462 e. The number of esters is 1. The second kappa shape index (κ2) is 7.30. The number of carbonyl (C=O) groups excluding carboxylic acids is 1. The normalized spacial score (nSPS) is 10.9. The van der Waals surface area contributed by atoms with E-state index in [1.54, 1.807) is 11.5 Å². The molecule has 3 aromatic rings. The van der Waals surface area contributed by atoms with Gasteiger partial charge in [0.15, 0.2) is 0 Å². The first kappa shape index (κ1) is 18.1. The molecule has 4 nitrogen and oxygen atoms in total. The molecule has 0 aliphatic carbocycles. The van der Waals surface area contributed by atoms with Gasteiger partial charge in [0, 0.05) is 17.3 Å². The van der Waals surface area contributed by atoms with Gasteiger partial charge in [0.1, 0.15) is 11.4 Å². The number of hydrogen-bond acceptors (Lipinski definition) is 3. The van der Waals surface area contributed by atoms with Crippen molar-refractivity contribution in [2.75, 3.05) is 6.61 Å². The van der Waals surface area contributed by atoms with Gasteiger partial charge in [0.25, 0.3) is 0 Å². The van der Waals surface area contributed by atoms with Gasteiger partial charge < -0.3 is 9.30 Å². The molecule has 3 rings (SSSR count). The molecule has 2 aromatic carbocycles. The van der Waals surface area contributed by atoms with Gasteiger partial charge in [-0.3, -0.25) is 4.79 Å². The van der Waals surface area contributed by atoms with Crippen LogP contribution in [0.1, 0.15) is 29.8 Å². The SMILES string of the molecule is CCOC(=O)c1cn(-c2ccccc2CC)c2cc(Cl)c(F)cc2c1=O. The zero-order chi connectivity index (χ0) is 18.8. The summed E-state index contributed by atoms with van der Waals surface area (Å²) >= 11 is 5.94. The van der Waals surface area contributed by atoms with Crippen molar-refractivity contribution < 1.29 is 13.9 Å². The van der Waals surface area contributed by atoms with Crippen LogP contribution >= 0.6 is 11.6 Å². The van der Waals surface area contributed by atoms with E-state index in [1.165, 1.54) is 12.3 Å². The van der Waals surface area contributed by atoms with Crippen LogP contribution in [0.4, 0.5) is 4.39 Å². The molecular weight excluding hydrogens is 357 g/mol. The maximum absolute atomic E-state index is 14.0. The smallest absolute Gasteiger partial charge is 0.343 e. The van der Waals surface area contributed by atoms with Crippen LogP contribution in [0.15, 0.2) is 47.4 Å². The number of halogens is 2. The number of pyridine rings is 1. The van der Waals surface area contributed by atoms with Crippen molar-refractivity contribution in [3.8, 4) is 5.69 Å². The molecule has 0 saturated heterocycles. The fraction of sp³-hybridized carbons (Fsp3) is 0.200. The van der Waals surface area contributed by atoms with Crippen LogP contribution < -0.4 is 5.43 Å². The number of benzene rings is 2. The lowest BCUT2D eigenvalue weighted by molar-refractivity contribution is 0.0524. The molecule has 0 atom stereocenters. The molecule has 0 amide bonds. The minimum Gasteiger partial charge on any atom is -0.462 e. The topological polar surface area (TPSA) is 48.3 Å². The Morgan fingerprint density at radius 1 is 1.23 bits per heavy atom. The number of aryl methyl sites for hydroxylation is 1. The van der Waals surface area contributed by atoms with Crippen molar-refractivity contribution in [2.24, 2.45) is 0 Å². The number of para-hydroxylation sites is 1. The molecule has 0 unspecified atom stereocenters. The zero-order valence-electron chi connectivity index (χ0n) is 14.4. The molecule has 1 aromatic heterocycles. The van der Waals surface area contributed by atoms with Crippen molar-refractivity contribution in [2.45, 2.75) is 20.3 Å². The van der Waals surface area contributed by atoms with Gasteiger partial charge in [-0.1, -0.05) is 36.7 Å². The van der Waals surface area contributed by atoms with E-state index in [-0.39, 0.29) is 22.6 Å². The summed E-state index contributed by atoms with van der Waals surface area (Å²) in [5.74, 6) is -1.45. The van der Waals surface area contributed by atoms with Crippen molar-refractivity contribution in [3.05, 3.63) is 74.8 Å². The van der Waals surface area contributed by atoms with Gasteiger partial charge in [-0.2, -0.15) is 0 Å². The molecule has 0 radical (unpaired) electrons. The zero-order valence-corrected chi connectivity index (χ0v) is 15.1. The molecular formula is C20H17ClFNO3. The van der Waals surface area contributed by atoms with E-state index < -0.39 is 17.2 Å². The summed E-state index contributed by atoms with van der Waals surface area (Å²) in [7, 11) is 0. The third-order valence-corrected chi connectivity index (χ3v) is 4.46. The number of ether oxygens (including phenoxy) is 1. The number of aromatic nitrogens is 1. The standard InChI is InChI=1S/C20H17ClFNO3/c1-3-12-7-5-6-8-17(12)23-11-14(20(25)26-4-2)19(24)13-9-16(22)15(21)10-18(13)23/h5-11H,3-4H2,1-2H3. The Bertz CT molecular complexity index is 1060. The lowest BCUT2D eigenvalue weighted by Gasteiger charge is -2.16. The molecule has 0 aliphatic heterocycles. The minimum absolute atomic E-state index is 0.0726. The summed E-state index contributed by atoms with van der Waals surface area (Å²) in [5.41, 5.74) is 1.49. The Hall–Kier alpha value is -2.66. The van der Waals surface area contributed by atoms with Gasteiger partial charge in [-0.05, 0) is 37.1 Å². The van der Waals surface area contributed by atoms with Gasteiger partial charge in [-0.15, -0.1) is 0 Å². The third kappa shape index (κ3) is 3.10. The van der Waals surface area contributed by atoms with Gasteiger partial charge >= 0.3 is 5.97 Å². The first-order valence-corrected chi connectivity index (χ1v) is 8.65. The number of fused-ring (bicyclic) bond motifs is 1. The van der Waals surface area contributed by atoms with E-state index in [1.807, 2.05) is 31.2 Å². The lowest BCUT2D eigenvalue weighted by Crippen LogP contribution is -2.21. The molecule has 134 valence electrons. The van der Waals surface area contributed by atoms with E-state index in [9.17, 15) is 14.0 Å². The lowest BCUT2D eigenvalue weighted by atomic mass is 10.1. The van der Waals surface area contributed by atoms with E-state index in [2.05, 4.69) is 0 Å². The van der Waals surface area contributed by atoms with Crippen LogP contribution in [0.3, 0.4) is 0 Å². The highest BCUT2D eigenvalue weighted by Crippen LogP contribution is 2.26. The van der Waals surface area contributed by atoms with Gasteiger partial charge in [0.05, 0.1) is 17.1 Å². The molecule has 0 spiro atoms. The molecule has 0 aliphatic rings. The molecule has 0 fully saturated rings. The monoisotopic (exact) mass is 373 g/mol. The summed E-state index contributed by atoms with van der Waals surface area (Å²) in [6.07, 6.45) is 2.18. The summed E-state index contributed by atoms with van der Waals surface area (Å²) in [6.45, 7) is 3.79. The summed E-state index contributed by atoms with van der Waals surface area (Å²) in [5, 5.41) is -0.0214. The van der Waals surface area contributed by atoms with Crippen LogP contribution in [0.25, 0.3) is 16.6 Å². The van der Waals surface area contributed by atoms with E-state index in [0.717, 1.165) is 23.7 Å². The predicted octanol–water partition coefficient (Wildman–Crippen LogP) is 4.52. The Kier molecular flexibility index (Phi) is 5.09. The molecule has 1 heterocycles. The van der Waals surface area contributed by atoms with Crippen molar-refractivity contribution in [1.29, 1.82) is 0 Å². The molecule has 0 saturated carbocycles. The number of hydrogen-bond donors (Lipinski definition) is 0. The highest BCUT2D eigenvalue weighted by Gasteiger charge is 2.19. The van der Waals surface area contributed by atoms with Crippen LogP contribution in [0.2, 0.25) is 5.02 Å². The Morgan fingerprint density at radius 2 is 1.96 bits per heavy atom. The summed E-state index contributed by atoms with van der Waals surface area (Å²) < 4.78 is 20.7. The maximum atomic E-state index is 14.0. The summed E-state index contributed by atoms with van der Waals surface area (Å²) in [4.78, 5) is 25.0. The van der Waals surface area contributed by atoms with Gasteiger partial charge in [-0.25, -0.2) is 9.18 Å². The van der Waals surface area contributed by atoms with E-state index >= 15 is 0 Å². The molecule has 0 N–H and O–H groups in total. The third-order valence-electron chi connectivity index (χ3n) is 4.17. The average molecular weight is 374 g/mol. The van der Waals surface area contributed by atoms with E-state index in [4.69, 9.17) is 16.3 Å². The van der Waals surface area contributed by atoms with Crippen molar-refractivity contribution in [1.82, 2.24) is 4.57 Å². The number of carbonyl (C=O) groups is 1. The van der Waals surface area contributed by atoms with Crippen LogP contribution in [0.5, 0.6) is 0 Å². The number of rotatable bonds is 4. The Morgan fingerprint density at radius 3 is 2.65 bits per heavy atom. The van der Waals surface area contributed by atoms with Crippen LogP contribution in [-0.2, 0) is 11.2 Å². The highest BCUT2D eigenvalue weighted by atomic mass is 35.5. The minimum atomic E-state index is -0.738. The average Bonchev–Trinajstić information content (AvgIpc) is 2.64. The maximum Gasteiger partial charge on any atom is 0.343 e. The van der Waals surface area contributed by atoms with Crippen LogP contribution in [-0.4, -0.2) is 17.1 Å². The predicted molar refractivity (Wildman–Crippen MR) is 99.8 cm³/mol. The van der Waals surface area contributed by atoms with Crippen LogP contribution in [0, 0.1) is 5.82 Å². The Balaban J connectivity index is 2.44. The quantitative estimate of drug-likeness (QED) is 0.631. The highest BCUT2D eigenvalue weighted by molar-refractivity contribution is 6.31. The fourth-order valence-corrected chi connectivity index (χ4v) is 3.08. The summed E-state index contributed by atoms with van der Waals surface area (Å²) in [6, 6.07) is 10.0. The first-order valence-electron chi connectivity index (χ1n) is 8.27. The Labute approximate surface area is 154 Å². The molecule has 6 heteroatoms. The fourth-order valence-electron chi connectivity index (χ4n) is 2.92. The van der Waals surface area contributed by atoms with Crippen molar-refractivity contribution >= 4 is 28.5 Å². The van der Waals surface area contributed by atoms with Gasteiger partial charge in [0.2, 0.25) is 5.43 Å². The van der Waals surface area contributed by atoms with E-state index in [0.29, 0.717) is 5.52 Å². The second-order valence-electron chi connectivity index (χ2n) is 5.73.